The molecule has 1 N–H and O–H groups in total. The first-order chi connectivity index (χ1) is 13.3. The van der Waals surface area contributed by atoms with Crippen LogP contribution in [0.2, 0.25) is 5.02 Å². The lowest BCUT2D eigenvalue weighted by molar-refractivity contribution is -0.142. The summed E-state index contributed by atoms with van der Waals surface area (Å²) in [4.78, 5) is 29.5. The number of hydrogen-bond acceptors (Lipinski definition) is 4. The van der Waals surface area contributed by atoms with Gasteiger partial charge in [-0.3, -0.25) is 9.59 Å². The van der Waals surface area contributed by atoms with Crippen LogP contribution >= 0.6 is 23.4 Å². The number of benzene rings is 1. The molecule has 2 fully saturated rings. The molecular weight excluding hydrogens is 394 g/mol. The molecule has 2 heterocycles. The van der Waals surface area contributed by atoms with Gasteiger partial charge in [-0.2, -0.15) is 11.8 Å². The topological polar surface area (TPSA) is 52.7 Å². The van der Waals surface area contributed by atoms with Gasteiger partial charge in [-0.05, 0) is 31.0 Å². The smallest absolute Gasteiger partial charge is 0.229 e. The first kappa shape index (κ1) is 21.3. The second-order valence-electron chi connectivity index (χ2n) is 8.60. The molecule has 0 spiro atoms. The number of likely N-dealkylation sites (tertiary alicyclic amines) is 1. The number of nitrogens with one attached hydrogen (secondary N) is 1. The van der Waals surface area contributed by atoms with Crippen LogP contribution in [0.25, 0.3) is 0 Å². The molecule has 0 bridgehead atoms. The highest BCUT2D eigenvalue weighted by atomic mass is 35.5. The normalized spacial score (nSPS) is 20.8. The quantitative estimate of drug-likeness (QED) is 0.794. The number of hydrogen-bond donors (Lipinski definition) is 1. The zero-order valence-electron chi connectivity index (χ0n) is 17.0. The lowest BCUT2D eigenvalue weighted by Gasteiger charge is -2.36. The summed E-state index contributed by atoms with van der Waals surface area (Å²) in [5.41, 5.74) is 1.32. The fourth-order valence-corrected chi connectivity index (χ4v) is 4.94. The van der Waals surface area contributed by atoms with Gasteiger partial charge in [0.2, 0.25) is 11.8 Å². The van der Waals surface area contributed by atoms with Gasteiger partial charge in [0.05, 0.1) is 16.6 Å². The van der Waals surface area contributed by atoms with Crippen molar-refractivity contribution in [3.05, 3.63) is 23.2 Å². The summed E-state index contributed by atoms with van der Waals surface area (Å²) in [6.45, 7) is 8.97. The predicted octanol–water partition coefficient (Wildman–Crippen LogP) is 4.12. The van der Waals surface area contributed by atoms with Crippen LogP contribution in [0.3, 0.4) is 0 Å². The monoisotopic (exact) mass is 423 g/mol. The van der Waals surface area contributed by atoms with Crippen LogP contribution in [0.15, 0.2) is 18.2 Å². The number of nitrogens with zero attached hydrogens (tertiary/aromatic N) is 2. The Balaban J connectivity index is 1.62. The molecule has 1 aromatic rings. The maximum absolute atomic E-state index is 12.8. The van der Waals surface area contributed by atoms with E-state index in [2.05, 4.69) is 10.2 Å². The zero-order valence-corrected chi connectivity index (χ0v) is 18.5. The Hall–Kier alpha value is -1.40. The number of carbonyl (C=O) groups is 2. The minimum atomic E-state index is -0.422. The molecule has 1 unspecified atom stereocenters. The average molecular weight is 424 g/mol. The molecule has 2 aliphatic heterocycles. The number of carbonyl (C=O) groups excluding carboxylic acids is 2. The van der Waals surface area contributed by atoms with Crippen molar-refractivity contribution in [3.8, 4) is 0 Å². The maximum Gasteiger partial charge on any atom is 0.229 e. The van der Waals surface area contributed by atoms with E-state index < -0.39 is 5.41 Å². The Labute approximate surface area is 177 Å². The van der Waals surface area contributed by atoms with Crippen molar-refractivity contribution in [1.29, 1.82) is 0 Å². The molecular formula is C21H30ClN3O2S. The van der Waals surface area contributed by atoms with E-state index in [4.69, 9.17) is 11.6 Å². The number of thioether (sulfide) groups is 1. The molecule has 2 amide bonds. The summed E-state index contributed by atoms with van der Waals surface area (Å²) in [6.07, 6.45) is 1.66. The molecule has 0 aliphatic carbocycles. The second-order valence-corrected chi connectivity index (χ2v) is 10.2. The summed E-state index contributed by atoms with van der Waals surface area (Å²) >= 11 is 8.45. The SMILES string of the molecule is CC(C)(C)C(=O)N1CCCC(C(=O)Nc2ccc(N3CCSCC3)c(Cl)c2)C1. The number of anilines is 2. The molecule has 2 saturated heterocycles. The van der Waals surface area contributed by atoms with Crippen molar-refractivity contribution in [1.82, 2.24) is 4.90 Å². The number of piperidine rings is 1. The largest absolute Gasteiger partial charge is 0.369 e. The maximum atomic E-state index is 12.8. The van der Waals surface area contributed by atoms with Crippen LogP contribution in [-0.4, -0.2) is 54.4 Å². The minimum absolute atomic E-state index is 0.0374. The van der Waals surface area contributed by atoms with Crippen LogP contribution in [0.5, 0.6) is 0 Å². The van der Waals surface area contributed by atoms with Crippen LogP contribution in [0, 0.1) is 11.3 Å². The van der Waals surface area contributed by atoms with E-state index in [-0.39, 0.29) is 17.7 Å². The Morgan fingerprint density at radius 1 is 1.18 bits per heavy atom. The van der Waals surface area contributed by atoms with Crippen molar-refractivity contribution in [2.75, 3.05) is 47.9 Å². The summed E-state index contributed by atoms with van der Waals surface area (Å²) in [7, 11) is 0. The number of amides is 2. The zero-order chi connectivity index (χ0) is 20.3. The molecule has 2 aliphatic rings. The number of halogens is 1. The van der Waals surface area contributed by atoms with Crippen molar-refractivity contribution in [2.45, 2.75) is 33.6 Å². The third-order valence-electron chi connectivity index (χ3n) is 5.29. The first-order valence-corrected chi connectivity index (χ1v) is 11.5. The molecule has 0 saturated carbocycles. The second kappa shape index (κ2) is 8.95. The molecule has 28 heavy (non-hydrogen) atoms. The molecule has 0 aromatic heterocycles. The summed E-state index contributed by atoms with van der Waals surface area (Å²) in [5, 5.41) is 3.66. The molecule has 1 atom stereocenters. The molecule has 5 nitrogen and oxygen atoms in total. The van der Waals surface area contributed by atoms with Gasteiger partial charge in [0.1, 0.15) is 0 Å². The van der Waals surface area contributed by atoms with Gasteiger partial charge >= 0.3 is 0 Å². The average Bonchev–Trinajstić information content (AvgIpc) is 2.67. The van der Waals surface area contributed by atoms with Gasteiger partial charge in [-0.25, -0.2) is 0 Å². The Bertz CT molecular complexity index is 729. The molecule has 3 rings (SSSR count). The van der Waals surface area contributed by atoms with Gasteiger partial charge in [-0.15, -0.1) is 0 Å². The standard InChI is InChI=1S/C21H30ClN3O2S/c1-21(2,3)20(27)25-8-4-5-15(14-25)19(26)23-16-6-7-18(17(22)13-16)24-9-11-28-12-10-24/h6-7,13,15H,4-5,8-12,14H2,1-3H3,(H,23,26). The van der Waals surface area contributed by atoms with E-state index in [9.17, 15) is 9.59 Å². The van der Waals surface area contributed by atoms with E-state index >= 15 is 0 Å². The molecule has 1 aromatic carbocycles. The van der Waals surface area contributed by atoms with E-state index in [1.807, 2.05) is 55.6 Å². The number of rotatable bonds is 3. The van der Waals surface area contributed by atoms with Gasteiger partial charge in [0.15, 0.2) is 0 Å². The van der Waals surface area contributed by atoms with Crippen molar-refractivity contribution >= 4 is 46.6 Å². The lowest BCUT2D eigenvalue weighted by atomic mass is 9.91. The fourth-order valence-electron chi connectivity index (χ4n) is 3.74. The summed E-state index contributed by atoms with van der Waals surface area (Å²) < 4.78 is 0. The predicted molar refractivity (Wildman–Crippen MR) is 118 cm³/mol. The van der Waals surface area contributed by atoms with Gasteiger partial charge < -0.3 is 15.1 Å². The lowest BCUT2D eigenvalue weighted by Crippen LogP contribution is -2.47. The highest BCUT2D eigenvalue weighted by Crippen LogP contribution is 2.31. The van der Waals surface area contributed by atoms with Crippen molar-refractivity contribution in [3.63, 3.8) is 0 Å². The van der Waals surface area contributed by atoms with E-state index in [0.29, 0.717) is 17.3 Å². The third-order valence-corrected chi connectivity index (χ3v) is 6.53. The van der Waals surface area contributed by atoms with Crippen LogP contribution in [0.1, 0.15) is 33.6 Å². The highest BCUT2D eigenvalue weighted by Gasteiger charge is 2.33. The van der Waals surface area contributed by atoms with E-state index in [0.717, 1.165) is 49.7 Å². The van der Waals surface area contributed by atoms with Crippen LogP contribution in [-0.2, 0) is 9.59 Å². The van der Waals surface area contributed by atoms with Crippen LogP contribution < -0.4 is 10.2 Å². The van der Waals surface area contributed by atoms with E-state index in [1.165, 1.54) is 0 Å². The molecule has 7 heteroatoms. The van der Waals surface area contributed by atoms with E-state index in [1.54, 1.807) is 0 Å². The van der Waals surface area contributed by atoms with Gasteiger partial charge in [0.25, 0.3) is 0 Å². The van der Waals surface area contributed by atoms with Crippen LogP contribution in [0.4, 0.5) is 11.4 Å². The summed E-state index contributed by atoms with van der Waals surface area (Å²) in [6, 6.07) is 5.74. The Morgan fingerprint density at radius 3 is 2.54 bits per heavy atom. The Kier molecular flexibility index (Phi) is 6.81. The molecule has 154 valence electrons. The third kappa shape index (κ3) is 5.15. The van der Waals surface area contributed by atoms with Crippen molar-refractivity contribution < 1.29 is 9.59 Å². The Morgan fingerprint density at radius 2 is 1.89 bits per heavy atom. The fraction of sp³-hybridized carbons (Fsp3) is 0.619. The highest BCUT2D eigenvalue weighted by molar-refractivity contribution is 7.99. The minimum Gasteiger partial charge on any atom is -0.369 e. The van der Waals surface area contributed by atoms with Crippen molar-refractivity contribution in [2.24, 2.45) is 11.3 Å². The summed E-state index contributed by atoms with van der Waals surface area (Å²) in [5.74, 6) is 2.11. The first-order valence-electron chi connectivity index (χ1n) is 9.98. The molecule has 0 radical (unpaired) electrons. The van der Waals surface area contributed by atoms with Gasteiger partial charge in [-0.1, -0.05) is 32.4 Å². The van der Waals surface area contributed by atoms with Gasteiger partial charge in [0, 0.05) is 48.8 Å².